The zero-order valence-electron chi connectivity index (χ0n) is 16.2. The van der Waals surface area contributed by atoms with Gasteiger partial charge in [0.05, 0.1) is 5.69 Å². The molecular formula is C26H21N3. The third-order valence-electron chi connectivity index (χ3n) is 5.45. The average Bonchev–Trinajstić information content (AvgIpc) is 3.20. The summed E-state index contributed by atoms with van der Waals surface area (Å²) in [6.07, 6.45) is 3.93. The first-order valence-electron chi connectivity index (χ1n) is 9.78. The Morgan fingerprint density at radius 3 is 1.62 bits per heavy atom. The molecule has 0 amide bonds. The van der Waals surface area contributed by atoms with Crippen molar-refractivity contribution in [1.29, 1.82) is 0 Å². The topological polar surface area (TPSA) is 30.7 Å². The molecule has 3 aromatic carbocycles. The molecule has 3 heteroatoms. The molecule has 0 bridgehead atoms. The van der Waals surface area contributed by atoms with Gasteiger partial charge in [0.25, 0.3) is 0 Å². The number of fused-ring (bicyclic) bond motifs is 1. The first-order chi connectivity index (χ1) is 14.3. The predicted octanol–water partition coefficient (Wildman–Crippen LogP) is 5.58. The average molecular weight is 375 g/mol. The maximum atomic E-state index is 4.88. The highest BCUT2D eigenvalue weighted by Crippen LogP contribution is 2.42. The lowest BCUT2D eigenvalue weighted by molar-refractivity contribution is 0.529. The fourth-order valence-electron chi connectivity index (χ4n) is 4.21. The summed E-state index contributed by atoms with van der Waals surface area (Å²) in [5.74, 6) is 0. The second-order valence-electron chi connectivity index (χ2n) is 7.21. The van der Waals surface area contributed by atoms with Crippen molar-refractivity contribution < 1.29 is 0 Å². The van der Waals surface area contributed by atoms with E-state index in [0.29, 0.717) is 0 Å². The second-order valence-corrected chi connectivity index (χ2v) is 7.21. The fraction of sp³-hybridized carbons (Fsp3) is 0.0769. The summed E-state index contributed by atoms with van der Waals surface area (Å²) in [4.78, 5) is 9.49. The van der Waals surface area contributed by atoms with Crippen LogP contribution in [0.2, 0.25) is 0 Å². The van der Waals surface area contributed by atoms with Crippen molar-refractivity contribution >= 4 is 11.2 Å². The van der Waals surface area contributed by atoms with Crippen LogP contribution in [-0.4, -0.2) is 14.5 Å². The van der Waals surface area contributed by atoms with Gasteiger partial charge in [-0.1, -0.05) is 91.0 Å². The molecule has 0 saturated carbocycles. The van der Waals surface area contributed by atoms with Crippen LogP contribution in [0.5, 0.6) is 0 Å². The Labute approximate surface area is 170 Å². The summed E-state index contributed by atoms with van der Waals surface area (Å²) in [6, 6.07) is 33.9. The van der Waals surface area contributed by atoms with E-state index in [-0.39, 0.29) is 0 Å². The summed E-state index contributed by atoms with van der Waals surface area (Å²) >= 11 is 0. The SMILES string of the molecule is Cc1cnc2ccn(C(c3ccccc3)(c3ccccc3)c3ccccc3)c2n1. The smallest absolute Gasteiger partial charge is 0.160 e. The van der Waals surface area contributed by atoms with Crippen LogP contribution < -0.4 is 0 Å². The van der Waals surface area contributed by atoms with Crippen molar-refractivity contribution in [2.75, 3.05) is 0 Å². The fourth-order valence-corrected chi connectivity index (χ4v) is 4.21. The van der Waals surface area contributed by atoms with Gasteiger partial charge in [-0.15, -0.1) is 0 Å². The molecule has 140 valence electrons. The van der Waals surface area contributed by atoms with E-state index in [0.717, 1.165) is 16.9 Å². The summed E-state index contributed by atoms with van der Waals surface area (Å²) in [6.45, 7) is 1.99. The van der Waals surface area contributed by atoms with E-state index < -0.39 is 5.54 Å². The van der Waals surface area contributed by atoms with Gasteiger partial charge in [0.15, 0.2) is 5.65 Å². The van der Waals surface area contributed by atoms with E-state index in [2.05, 4.69) is 107 Å². The van der Waals surface area contributed by atoms with Gasteiger partial charge in [-0.25, -0.2) is 4.98 Å². The van der Waals surface area contributed by atoms with Crippen LogP contribution in [0, 0.1) is 6.92 Å². The summed E-state index contributed by atoms with van der Waals surface area (Å²) in [7, 11) is 0. The quantitative estimate of drug-likeness (QED) is 0.384. The third-order valence-corrected chi connectivity index (χ3v) is 5.45. The summed E-state index contributed by atoms with van der Waals surface area (Å²) < 4.78 is 2.27. The van der Waals surface area contributed by atoms with Gasteiger partial charge in [0.2, 0.25) is 0 Å². The van der Waals surface area contributed by atoms with Gasteiger partial charge in [0.1, 0.15) is 11.1 Å². The number of benzene rings is 3. The normalized spacial score (nSPS) is 11.6. The monoisotopic (exact) mass is 375 g/mol. The molecule has 0 saturated heterocycles. The van der Waals surface area contributed by atoms with Crippen molar-refractivity contribution in [3.63, 3.8) is 0 Å². The lowest BCUT2D eigenvalue weighted by atomic mass is 9.76. The van der Waals surface area contributed by atoms with Gasteiger partial charge < -0.3 is 4.57 Å². The molecule has 5 aromatic rings. The minimum atomic E-state index is -0.562. The standard InChI is InChI=1S/C26H21N3/c1-20-19-27-24-17-18-29(25(24)28-20)26(21-11-5-2-6-12-21,22-13-7-3-8-14-22)23-15-9-4-10-16-23/h2-19H,1H3. The number of hydrogen-bond acceptors (Lipinski definition) is 2. The summed E-state index contributed by atoms with van der Waals surface area (Å²) in [5.41, 5.74) is 5.65. The van der Waals surface area contributed by atoms with Crippen molar-refractivity contribution in [2.24, 2.45) is 0 Å². The molecule has 29 heavy (non-hydrogen) atoms. The van der Waals surface area contributed by atoms with Crippen LogP contribution >= 0.6 is 0 Å². The molecule has 0 N–H and O–H groups in total. The molecule has 0 radical (unpaired) electrons. The molecule has 0 atom stereocenters. The molecule has 0 unspecified atom stereocenters. The second kappa shape index (κ2) is 7.02. The minimum absolute atomic E-state index is 0.562. The van der Waals surface area contributed by atoms with Crippen LogP contribution in [-0.2, 0) is 5.54 Å². The Morgan fingerprint density at radius 2 is 1.14 bits per heavy atom. The van der Waals surface area contributed by atoms with Crippen LogP contribution in [0.15, 0.2) is 109 Å². The molecule has 2 aromatic heterocycles. The molecule has 0 aliphatic carbocycles. The van der Waals surface area contributed by atoms with Crippen molar-refractivity contribution in [2.45, 2.75) is 12.5 Å². The molecule has 0 fully saturated rings. The van der Waals surface area contributed by atoms with Crippen LogP contribution in [0.1, 0.15) is 22.4 Å². The van der Waals surface area contributed by atoms with E-state index in [4.69, 9.17) is 4.98 Å². The number of aromatic nitrogens is 3. The maximum absolute atomic E-state index is 4.88. The van der Waals surface area contributed by atoms with E-state index in [9.17, 15) is 0 Å². The highest BCUT2D eigenvalue weighted by Gasteiger charge is 2.39. The zero-order valence-corrected chi connectivity index (χ0v) is 16.2. The van der Waals surface area contributed by atoms with Crippen molar-refractivity contribution in [3.05, 3.63) is 132 Å². The van der Waals surface area contributed by atoms with Gasteiger partial charge in [0, 0.05) is 12.4 Å². The molecule has 2 heterocycles. The minimum Gasteiger partial charge on any atom is -0.313 e. The Hall–Kier alpha value is -3.72. The Bertz CT molecular complexity index is 1150. The van der Waals surface area contributed by atoms with Gasteiger partial charge in [-0.2, -0.15) is 0 Å². The highest BCUT2D eigenvalue weighted by atomic mass is 15.1. The maximum Gasteiger partial charge on any atom is 0.160 e. The van der Waals surface area contributed by atoms with Crippen LogP contribution in [0.4, 0.5) is 0 Å². The van der Waals surface area contributed by atoms with E-state index in [1.807, 2.05) is 19.2 Å². The molecule has 3 nitrogen and oxygen atoms in total. The largest absolute Gasteiger partial charge is 0.313 e. The Balaban J connectivity index is 1.97. The van der Waals surface area contributed by atoms with Crippen molar-refractivity contribution in [3.8, 4) is 0 Å². The Morgan fingerprint density at radius 1 is 0.655 bits per heavy atom. The van der Waals surface area contributed by atoms with Gasteiger partial charge >= 0.3 is 0 Å². The van der Waals surface area contributed by atoms with Crippen LogP contribution in [0.3, 0.4) is 0 Å². The molecule has 0 spiro atoms. The molecule has 5 rings (SSSR count). The number of rotatable bonds is 4. The van der Waals surface area contributed by atoms with E-state index in [1.54, 1.807) is 0 Å². The lowest BCUT2D eigenvalue weighted by Gasteiger charge is -2.38. The Kier molecular flexibility index (Phi) is 4.21. The van der Waals surface area contributed by atoms with E-state index in [1.165, 1.54) is 16.7 Å². The highest BCUT2D eigenvalue weighted by molar-refractivity contribution is 5.73. The lowest BCUT2D eigenvalue weighted by Crippen LogP contribution is -2.37. The van der Waals surface area contributed by atoms with Crippen LogP contribution in [0.25, 0.3) is 11.2 Å². The van der Waals surface area contributed by atoms with Gasteiger partial charge in [-0.05, 0) is 29.7 Å². The molecule has 0 aliphatic heterocycles. The first-order valence-corrected chi connectivity index (χ1v) is 9.78. The zero-order chi connectivity index (χ0) is 19.7. The van der Waals surface area contributed by atoms with E-state index >= 15 is 0 Å². The number of hydrogen-bond donors (Lipinski definition) is 0. The molecule has 0 aliphatic rings. The predicted molar refractivity (Wildman–Crippen MR) is 117 cm³/mol. The first kappa shape index (κ1) is 17.4. The summed E-state index contributed by atoms with van der Waals surface area (Å²) in [5, 5.41) is 0. The number of nitrogens with zero attached hydrogens (tertiary/aromatic N) is 3. The molecular weight excluding hydrogens is 354 g/mol. The number of aryl methyl sites for hydroxylation is 1. The van der Waals surface area contributed by atoms with Crippen molar-refractivity contribution in [1.82, 2.24) is 14.5 Å². The van der Waals surface area contributed by atoms with Gasteiger partial charge in [-0.3, -0.25) is 4.98 Å². The third kappa shape index (κ3) is 2.74.